The number of benzene rings is 2. The number of fused-ring (bicyclic) bond motifs is 1. The molecule has 5 nitrogen and oxygen atoms in total. The maximum Gasteiger partial charge on any atom is 0.231 e. The highest BCUT2D eigenvalue weighted by molar-refractivity contribution is 14.0. The van der Waals surface area contributed by atoms with Crippen LogP contribution in [0.4, 0.5) is 5.69 Å². The van der Waals surface area contributed by atoms with Crippen LogP contribution in [0.2, 0.25) is 0 Å². The average Bonchev–Trinajstić information content (AvgIpc) is 2.97. The molecular formula is C16H17BrIN3O2. The van der Waals surface area contributed by atoms with E-state index in [1.54, 1.807) is 0 Å². The molecule has 0 aliphatic carbocycles. The van der Waals surface area contributed by atoms with Crippen LogP contribution in [0.3, 0.4) is 0 Å². The van der Waals surface area contributed by atoms with Gasteiger partial charge >= 0.3 is 0 Å². The summed E-state index contributed by atoms with van der Waals surface area (Å²) in [5.74, 6) is 1.83. The molecule has 0 saturated heterocycles. The SMILES string of the molecule is Cc1ccc(NC(N)=NCc2cc(Br)c3c(c2)OCO3)cc1.I. The van der Waals surface area contributed by atoms with E-state index in [0.29, 0.717) is 12.5 Å². The van der Waals surface area contributed by atoms with Crippen LogP contribution in [0.5, 0.6) is 11.5 Å². The lowest BCUT2D eigenvalue weighted by atomic mass is 10.2. The van der Waals surface area contributed by atoms with Crippen molar-refractivity contribution in [2.75, 3.05) is 12.1 Å². The van der Waals surface area contributed by atoms with Crippen molar-refractivity contribution in [3.63, 3.8) is 0 Å². The monoisotopic (exact) mass is 489 g/mol. The smallest absolute Gasteiger partial charge is 0.231 e. The Bertz CT molecular complexity index is 720. The molecule has 0 spiro atoms. The molecule has 0 atom stereocenters. The van der Waals surface area contributed by atoms with Crippen LogP contribution in [0.1, 0.15) is 11.1 Å². The molecule has 7 heteroatoms. The molecule has 0 fully saturated rings. The fraction of sp³-hybridized carbons (Fsp3) is 0.188. The van der Waals surface area contributed by atoms with Crippen LogP contribution in [0, 0.1) is 6.92 Å². The van der Waals surface area contributed by atoms with Crippen LogP contribution in [-0.2, 0) is 6.54 Å². The molecule has 1 aliphatic rings. The molecule has 3 N–H and O–H groups in total. The van der Waals surface area contributed by atoms with Gasteiger partial charge < -0.3 is 20.5 Å². The number of halogens is 2. The van der Waals surface area contributed by atoms with Crippen LogP contribution in [0.25, 0.3) is 0 Å². The number of nitrogens with one attached hydrogen (secondary N) is 1. The van der Waals surface area contributed by atoms with E-state index in [4.69, 9.17) is 15.2 Å². The van der Waals surface area contributed by atoms with E-state index in [1.807, 2.05) is 43.3 Å². The second-order valence-corrected chi connectivity index (χ2v) is 5.86. The molecule has 2 aromatic rings. The first-order valence-corrected chi connectivity index (χ1v) is 7.63. The van der Waals surface area contributed by atoms with Gasteiger partial charge in [-0.25, -0.2) is 4.99 Å². The molecule has 3 rings (SSSR count). The Hall–Kier alpha value is -1.48. The van der Waals surface area contributed by atoms with Crippen molar-refractivity contribution < 1.29 is 9.47 Å². The van der Waals surface area contributed by atoms with Gasteiger partial charge in [0, 0.05) is 5.69 Å². The molecule has 0 bridgehead atoms. The average molecular weight is 490 g/mol. The first-order valence-electron chi connectivity index (χ1n) is 6.83. The van der Waals surface area contributed by atoms with Crippen molar-refractivity contribution in [3.05, 3.63) is 52.0 Å². The number of rotatable bonds is 3. The number of guanidine groups is 1. The Morgan fingerprint density at radius 3 is 2.74 bits per heavy atom. The van der Waals surface area contributed by atoms with E-state index < -0.39 is 0 Å². The van der Waals surface area contributed by atoms with Crippen molar-refractivity contribution in [2.45, 2.75) is 13.5 Å². The highest BCUT2D eigenvalue weighted by atomic mass is 127. The van der Waals surface area contributed by atoms with E-state index in [-0.39, 0.29) is 30.8 Å². The van der Waals surface area contributed by atoms with Gasteiger partial charge in [-0.05, 0) is 52.7 Å². The molecule has 2 aromatic carbocycles. The zero-order valence-corrected chi connectivity index (χ0v) is 16.4. The van der Waals surface area contributed by atoms with E-state index >= 15 is 0 Å². The maximum atomic E-state index is 5.91. The van der Waals surface area contributed by atoms with Crippen LogP contribution in [0.15, 0.2) is 45.9 Å². The van der Waals surface area contributed by atoms with Crippen LogP contribution >= 0.6 is 39.9 Å². The molecule has 0 aromatic heterocycles. The summed E-state index contributed by atoms with van der Waals surface area (Å²) in [4.78, 5) is 4.34. The largest absolute Gasteiger partial charge is 0.454 e. The van der Waals surface area contributed by atoms with Crippen molar-refractivity contribution in [1.82, 2.24) is 0 Å². The summed E-state index contributed by atoms with van der Waals surface area (Å²) >= 11 is 3.47. The normalized spacial score (nSPS) is 12.7. The number of hydrogen-bond acceptors (Lipinski definition) is 3. The van der Waals surface area contributed by atoms with E-state index in [9.17, 15) is 0 Å². The van der Waals surface area contributed by atoms with Crippen molar-refractivity contribution in [2.24, 2.45) is 10.7 Å². The lowest BCUT2D eigenvalue weighted by molar-refractivity contribution is 0.173. The lowest BCUT2D eigenvalue weighted by Crippen LogP contribution is -2.22. The standard InChI is InChI=1S/C16H16BrN3O2.HI/c1-10-2-4-12(5-3-10)20-16(18)19-8-11-6-13(17)15-14(7-11)21-9-22-15;/h2-7H,8-9H2,1H3,(H3,18,19,20);1H. The lowest BCUT2D eigenvalue weighted by Gasteiger charge is -2.07. The summed E-state index contributed by atoms with van der Waals surface area (Å²) < 4.78 is 11.6. The fourth-order valence-corrected chi connectivity index (χ4v) is 2.72. The van der Waals surface area contributed by atoms with E-state index in [0.717, 1.165) is 27.2 Å². The minimum atomic E-state index is 0. The highest BCUT2D eigenvalue weighted by Gasteiger charge is 2.17. The summed E-state index contributed by atoms with van der Waals surface area (Å²) in [6, 6.07) is 11.8. The zero-order chi connectivity index (χ0) is 15.5. The fourth-order valence-electron chi connectivity index (χ4n) is 2.11. The number of anilines is 1. The Balaban J connectivity index is 0.00000192. The predicted molar refractivity (Wildman–Crippen MR) is 106 cm³/mol. The number of aliphatic imine (C=N–C) groups is 1. The third-order valence-corrected chi connectivity index (χ3v) is 3.83. The van der Waals surface area contributed by atoms with E-state index in [1.165, 1.54) is 5.56 Å². The first kappa shape index (κ1) is 17.9. The molecule has 1 aliphatic heterocycles. The molecule has 0 unspecified atom stereocenters. The predicted octanol–water partition coefficient (Wildman–Crippen LogP) is 4.03. The molecule has 1 heterocycles. The van der Waals surface area contributed by atoms with Gasteiger partial charge in [-0.3, -0.25) is 0 Å². The van der Waals surface area contributed by atoms with Gasteiger partial charge in [-0.2, -0.15) is 0 Å². The summed E-state index contributed by atoms with van der Waals surface area (Å²) in [6.45, 7) is 2.75. The summed E-state index contributed by atoms with van der Waals surface area (Å²) in [5.41, 5.74) is 9.02. The molecule has 0 saturated carbocycles. The molecule has 122 valence electrons. The quantitative estimate of drug-likeness (QED) is 0.388. The Kier molecular flexibility index (Phi) is 6.11. The summed E-state index contributed by atoms with van der Waals surface area (Å²) in [7, 11) is 0. The molecular weight excluding hydrogens is 473 g/mol. The minimum absolute atomic E-state index is 0. The van der Waals surface area contributed by atoms with Crippen molar-refractivity contribution in [1.29, 1.82) is 0 Å². The van der Waals surface area contributed by atoms with Gasteiger partial charge in [0.25, 0.3) is 0 Å². The summed E-state index contributed by atoms with van der Waals surface area (Å²) in [5, 5.41) is 3.07. The van der Waals surface area contributed by atoms with Gasteiger partial charge in [-0.1, -0.05) is 17.7 Å². The van der Waals surface area contributed by atoms with Gasteiger partial charge in [0.2, 0.25) is 6.79 Å². The minimum Gasteiger partial charge on any atom is -0.454 e. The maximum absolute atomic E-state index is 5.91. The number of ether oxygens (including phenoxy) is 2. The molecule has 23 heavy (non-hydrogen) atoms. The number of aryl methyl sites for hydroxylation is 1. The zero-order valence-electron chi connectivity index (χ0n) is 12.5. The Morgan fingerprint density at radius 2 is 2.00 bits per heavy atom. The van der Waals surface area contributed by atoms with Crippen molar-refractivity contribution in [3.8, 4) is 11.5 Å². The highest BCUT2D eigenvalue weighted by Crippen LogP contribution is 2.40. The van der Waals surface area contributed by atoms with Crippen molar-refractivity contribution >= 4 is 51.6 Å². The van der Waals surface area contributed by atoms with Crippen LogP contribution in [-0.4, -0.2) is 12.8 Å². The third kappa shape index (κ3) is 4.51. The number of nitrogens with two attached hydrogens (primary N) is 1. The second-order valence-electron chi connectivity index (χ2n) is 5.00. The Labute approximate surface area is 160 Å². The Morgan fingerprint density at radius 1 is 1.26 bits per heavy atom. The van der Waals surface area contributed by atoms with Gasteiger partial charge in [-0.15, -0.1) is 24.0 Å². The topological polar surface area (TPSA) is 68.9 Å². The number of nitrogens with zero attached hydrogens (tertiary/aromatic N) is 1. The van der Waals surface area contributed by atoms with Gasteiger partial charge in [0.1, 0.15) is 0 Å². The summed E-state index contributed by atoms with van der Waals surface area (Å²) in [6.07, 6.45) is 0. The molecule has 0 amide bonds. The third-order valence-electron chi connectivity index (χ3n) is 3.24. The number of hydrogen-bond donors (Lipinski definition) is 2. The molecule has 0 radical (unpaired) electrons. The van der Waals surface area contributed by atoms with Gasteiger partial charge in [0.05, 0.1) is 11.0 Å². The van der Waals surface area contributed by atoms with E-state index in [2.05, 4.69) is 26.2 Å². The first-order chi connectivity index (χ1) is 10.6. The van der Waals surface area contributed by atoms with Crippen LogP contribution < -0.4 is 20.5 Å². The second kappa shape index (κ2) is 7.87. The van der Waals surface area contributed by atoms with Gasteiger partial charge in [0.15, 0.2) is 17.5 Å².